The average molecular weight is 797 g/mol. The third kappa shape index (κ3) is 6.23. The van der Waals surface area contributed by atoms with Crippen molar-refractivity contribution in [1.29, 1.82) is 0 Å². The molecule has 2 aliphatic rings. The minimum atomic E-state index is -0.749. The van der Waals surface area contributed by atoms with E-state index in [1.165, 1.54) is 22.3 Å². The van der Waals surface area contributed by atoms with Crippen LogP contribution in [0, 0.1) is 0 Å². The SMILES string of the molecule is C=CC=N/C=C/c1cc(-c2ccc3c(c2)C2(c4cc(-c5nc(-c6ccccc6)nc(-c6ccccc6)n5)ccc4O3)c3ccccc3-c3ccccc32)cc(-c2cccnc2)n1. The zero-order chi connectivity index (χ0) is 41.5. The predicted octanol–water partition coefficient (Wildman–Crippen LogP) is 12.7. The van der Waals surface area contributed by atoms with E-state index in [-0.39, 0.29) is 0 Å². The molecule has 1 aliphatic heterocycles. The number of aliphatic imine (C=N–C) groups is 1. The van der Waals surface area contributed by atoms with E-state index in [0.717, 1.165) is 67.4 Å². The first-order chi connectivity index (χ1) is 30.7. The molecule has 9 aromatic rings. The topological polar surface area (TPSA) is 86.0 Å². The fourth-order valence-electron chi connectivity index (χ4n) is 8.86. The lowest BCUT2D eigenvalue weighted by Crippen LogP contribution is -2.32. The summed E-state index contributed by atoms with van der Waals surface area (Å²) in [5, 5.41) is 0. The molecule has 0 saturated carbocycles. The standard InChI is InChI=1S/C55H36N6O/c1-2-28-56-30-27-42-31-41(34-49(58-42)40-18-13-29-57-35-40)38-23-25-50-47(32-38)55(45-21-11-9-19-43(45)44-20-10-12-22-46(44)55)48-33-39(24-26-51(48)62-50)54-60-52(36-14-5-3-6-15-36)59-53(61-54)37-16-7-4-8-17-37/h2-35H,1H2/b30-27+,56-28?. The van der Waals surface area contributed by atoms with Crippen molar-refractivity contribution in [3.05, 3.63) is 229 Å². The van der Waals surface area contributed by atoms with Crippen LogP contribution in [0.25, 0.3) is 73.8 Å². The summed E-state index contributed by atoms with van der Waals surface area (Å²) in [6.45, 7) is 3.75. The molecule has 0 unspecified atom stereocenters. The van der Waals surface area contributed by atoms with E-state index < -0.39 is 5.41 Å². The Morgan fingerprint density at radius 2 is 1.05 bits per heavy atom. The molecular formula is C55H36N6O. The van der Waals surface area contributed by atoms with E-state index in [1.54, 1.807) is 24.7 Å². The first-order valence-electron chi connectivity index (χ1n) is 20.4. The van der Waals surface area contributed by atoms with Gasteiger partial charge in [-0.1, -0.05) is 128 Å². The maximum absolute atomic E-state index is 6.95. The Morgan fingerprint density at radius 3 is 1.66 bits per heavy atom. The van der Waals surface area contributed by atoms with E-state index in [1.807, 2.05) is 85.1 Å². The quantitative estimate of drug-likeness (QED) is 0.142. The zero-order valence-corrected chi connectivity index (χ0v) is 33.4. The van der Waals surface area contributed by atoms with Crippen LogP contribution in [0.3, 0.4) is 0 Å². The molecule has 4 heterocycles. The molecule has 0 N–H and O–H groups in total. The summed E-state index contributed by atoms with van der Waals surface area (Å²) in [6.07, 6.45) is 10.5. The third-order valence-electron chi connectivity index (χ3n) is 11.6. The molecule has 7 nitrogen and oxygen atoms in total. The van der Waals surface area contributed by atoms with Gasteiger partial charge in [-0.25, -0.2) is 19.9 Å². The number of allylic oxidation sites excluding steroid dienone is 1. The Labute approximate surface area is 359 Å². The molecule has 0 radical (unpaired) electrons. The summed E-state index contributed by atoms with van der Waals surface area (Å²) < 4.78 is 6.95. The summed E-state index contributed by atoms with van der Waals surface area (Å²) >= 11 is 0. The fraction of sp³-hybridized carbons (Fsp3) is 0.0182. The second kappa shape index (κ2) is 15.3. The van der Waals surface area contributed by atoms with Crippen molar-refractivity contribution in [3.63, 3.8) is 0 Å². The van der Waals surface area contributed by atoms with E-state index in [9.17, 15) is 0 Å². The van der Waals surface area contributed by atoms with Gasteiger partial charge < -0.3 is 4.74 Å². The van der Waals surface area contributed by atoms with Gasteiger partial charge in [0, 0.05) is 58.2 Å². The molecule has 0 saturated heterocycles. The minimum Gasteiger partial charge on any atom is -0.457 e. The number of hydrogen-bond acceptors (Lipinski definition) is 7. The molecule has 6 aromatic carbocycles. The van der Waals surface area contributed by atoms with Gasteiger partial charge in [-0.05, 0) is 94.1 Å². The summed E-state index contributed by atoms with van der Waals surface area (Å²) in [5.74, 6) is 3.35. The van der Waals surface area contributed by atoms with Crippen LogP contribution < -0.4 is 4.74 Å². The van der Waals surface area contributed by atoms with E-state index in [0.29, 0.717) is 17.5 Å². The number of rotatable bonds is 8. The Balaban J connectivity index is 1.14. The van der Waals surface area contributed by atoms with Crippen LogP contribution in [0.5, 0.6) is 11.5 Å². The monoisotopic (exact) mass is 796 g/mol. The van der Waals surface area contributed by atoms with Crippen molar-refractivity contribution in [2.45, 2.75) is 5.41 Å². The molecule has 0 atom stereocenters. The van der Waals surface area contributed by atoms with Gasteiger partial charge in [0.25, 0.3) is 0 Å². The average Bonchev–Trinajstić information content (AvgIpc) is 3.64. The van der Waals surface area contributed by atoms with Crippen molar-refractivity contribution in [2.24, 2.45) is 4.99 Å². The number of hydrogen-bond donors (Lipinski definition) is 0. The molecule has 62 heavy (non-hydrogen) atoms. The van der Waals surface area contributed by atoms with Gasteiger partial charge in [0.1, 0.15) is 11.5 Å². The van der Waals surface area contributed by atoms with Crippen LogP contribution in [0.15, 0.2) is 206 Å². The van der Waals surface area contributed by atoms with Gasteiger partial charge in [0.2, 0.25) is 0 Å². The Morgan fingerprint density at radius 1 is 0.484 bits per heavy atom. The van der Waals surface area contributed by atoms with Crippen LogP contribution in [-0.2, 0) is 5.41 Å². The van der Waals surface area contributed by atoms with E-state index >= 15 is 0 Å². The fourth-order valence-corrected chi connectivity index (χ4v) is 8.86. The van der Waals surface area contributed by atoms with Gasteiger partial charge in [-0.2, -0.15) is 0 Å². The van der Waals surface area contributed by atoms with Crippen LogP contribution in [0.4, 0.5) is 0 Å². The van der Waals surface area contributed by atoms with Crippen molar-refractivity contribution < 1.29 is 4.74 Å². The van der Waals surface area contributed by atoms with Crippen molar-refractivity contribution in [1.82, 2.24) is 24.9 Å². The molecule has 1 aliphatic carbocycles. The molecule has 0 amide bonds. The highest BCUT2D eigenvalue weighted by Gasteiger charge is 2.51. The van der Waals surface area contributed by atoms with Gasteiger partial charge in [0.05, 0.1) is 16.8 Å². The van der Waals surface area contributed by atoms with Crippen LogP contribution >= 0.6 is 0 Å². The number of aromatic nitrogens is 5. The van der Waals surface area contributed by atoms with E-state index in [4.69, 9.17) is 24.7 Å². The second-order valence-corrected chi connectivity index (χ2v) is 15.2. The van der Waals surface area contributed by atoms with Crippen LogP contribution in [0.2, 0.25) is 0 Å². The molecule has 292 valence electrons. The smallest absolute Gasteiger partial charge is 0.164 e. The lowest BCUT2D eigenvalue weighted by Gasteiger charge is -2.40. The van der Waals surface area contributed by atoms with Gasteiger partial charge in [-0.15, -0.1) is 0 Å². The summed E-state index contributed by atoms with van der Waals surface area (Å²) in [6, 6.07) is 58.7. The van der Waals surface area contributed by atoms with Gasteiger partial charge in [-0.3, -0.25) is 9.98 Å². The maximum Gasteiger partial charge on any atom is 0.164 e. The highest BCUT2D eigenvalue weighted by molar-refractivity contribution is 5.90. The summed E-state index contributed by atoms with van der Waals surface area (Å²) in [4.78, 5) is 29.0. The first-order valence-corrected chi connectivity index (χ1v) is 20.4. The molecule has 11 rings (SSSR count). The lowest BCUT2D eigenvalue weighted by molar-refractivity contribution is 0.436. The molecule has 1 spiro atoms. The number of ether oxygens (including phenoxy) is 1. The van der Waals surface area contributed by atoms with Crippen LogP contribution in [-0.4, -0.2) is 31.1 Å². The van der Waals surface area contributed by atoms with Crippen molar-refractivity contribution in [2.75, 3.05) is 0 Å². The normalized spacial score (nSPS) is 13.0. The zero-order valence-electron chi connectivity index (χ0n) is 33.4. The number of pyridine rings is 2. The van der Waals surface area contributed by atoms with Crippen molar-refractivity contribution in [3.8, 4) is 79.2 Å². The second-order valence-electron chi connectivity index (χ2n) is 15.2. The first kappa shape index (κ1) is 36.6. The molecule has 0 bridgehead atoms. The highest BCUT2D eigenvalue weighted by atomic mass is 16.5. The largest absolute Gasteiger partial charge is 0.457 e. The van der Waals surface area contributed by atoms with E-state index in [2.05, 4.69) is 114 Å². The molecule has 3 aromatic heterocycles. The number of nitrogens with zero attached hydrogens (tertiary/aromatic N) is 6. The Hall–Kier alpha value is -8.42. The molecular weight excluding hydrogens is 761 g/mol. The van der Waals surface area contributed by atoms with Crippen molar-refractivity contribution >= 4 is 12.3 Å². The lowest BCUT2D eigenvalue weighted by atomic mass is 9.65. The number of fused-ring (bicyclic) bond motifs is 9. The third-order valence-corrected chi connectivity index (χ3v) is 11.6. The predicted molar refractivity (Wildman–Crippen MR) is 248 cm³/mol. The summed E-state index contributed by atoms with van der Waals surface area (Å²) in [7, 11) is 0. The Kier molecular flexibility index (Phi) is 9.05. The summed E-state index contributed by atoms with van der Waals surface area (Å²) in [5.41, 5.74) is 13.2. The number of benzene rings is 6. The van der Waals surface area contributed by atoms with Gasteiger partial charge in [0.15, 0.2) is 17.5 Å². The molecule has 0 fully saturated rings. The highest BCUT2D eigenvalue weighted by Crippen LogP contribution is 2.62. The molecule has 7 heteroatoms. The minimum absolute atomic E-state index is 0.576. The van der Waals surface area contributed by atoms with Crippen LogP contribution in [0.1, 0.15) is 27.9 Å². The Bertz CT molecular complexity index is 3130. The van der Waals surface area contributed by atoms with Gasteiger partial charge >= 0.3 is 0 Å². The maximum atomic E-state index is 6.95.